The van der Waals surface area contributed by atoms with Crippen LogP contribution >= 0.6 is 0 Å². The Hall–Kier alpha value is -1.97. The van der Waals surface area contributed by atoms with E-state index < -0.39 is 10.0 Å². The van der Waals surface area contributed by atoms with Gasteiger partial charge in [0.1, 0.15) is 0 Å². The minimum absolute atomic E-state index is 0.128. The van der Waals surface area contributed by atoms with Crippen LogP contribution in [0.15, 0.2) is 23.1 Å². The lowest BCUT2D eigenvalue weighted by Gasteiger charge is -2.30. The van der Waals surface area contributed by atoms with Gasteiger partial charge in [-0.05, 0) is 58.0 Å². The van der Waals surface area contributed by atoms with Crippen LogP contribution < -0.4 is 10.0 Å². The quantitative estimate of drug-likeness (QED) is 0.668. The molecule has 1 heterocycles. The molecule has 1 saturated heterocycles. The number of rotatable bonds is 7. The largest absolute Gasteiger partial charge is 0.466 e. The van der Waals surface area contributed by atoms with Gasteiger partial charge in [0.25, 0.3) is 0 Å². The first-order chi connectivity index (χ1) is 12.8. The molecular weight excluding hydrogens is 370 g/mol. The number of likely N-dealkylation sites (tertiary alicyclic amines) is 1. The molecule has 150 valence electrons. The van der Waals surface area contributed by atoms with Crippen molar-refractivity contribution in [2.75, 3.05) is 38.6 Å². The summed E-state index contributed by atoms with van der Waals surface area (Å²) in [6.45, 7) is 5.17. The van der Waals surface area contributed by atoms with Crippen molar-refractivity contribution in [3.05, 3.63) is 23.8 Å². The number of carbonyl (C=O) groups is 2. The van der Waals surface area contributed by atoms with Gasteiger partial charge in [-0.25, -0.2) is 13.1 Å². The molecule has 1 aromatic carbocycles. The second kappa shape index (κ2) is 9.29. The number of ether oxygens (including phenoxy) is 1. The summed E-state index contributed by atoms with van der Waals surface area (Å²) < 4.78 is 31.5. The molecule has 0 unspecified atom stereocenters. The second-order valence-corrected chi connectivity index (χ2v) is 8.42. The van der Waals surface area contributed by atoms with Gasteiger partial charge in [-0.3, -0.25) is 14.5 Å². The van der Waals surface area contributed by atoms with Crippen LogP contribution in [0.3, 0.4) is 0 Å². The summed E-state index contributed by atoms with van der Waals surface area (Å²) in [6.07, 6.45) is 1.59. The summed E-state index contributed by atoms with van der Waals surface area (Å²) in [5, 5.41) is 2.73. The topological polar surface area (TPSA) is 105 Å². The fraction of sp³-hybridized carbons (Fsp3) is 0.556. The minimum Gasteiger partial charge on any atom is -0.466 e. The van der Waals surface area contributed by atoms with E-state index in [-0.39, 0.29) is 29.2 Å². The summed E-state index contributed by atoms with van der Waals surface area (Å²) in [6, 6.07) is 4.76. The molecule has 1 amide bonds. The number of hydrogen-bond donors (Lipinski definition) is 2. The van der Waals surface area contributed by atoms with Crippen LogP contribution in [0.2, 0.25) is 0 Å². The lowest BCUT2D eigenvalue weighted by atomic mass is 9.98. The number of carbonyl (C=O) groups excluding carboxylic acids is 2. The third-order valence-corrected chi connectivity index (χ3v) is 6.08. The first kappa shape index (κ1) is 21.3. The summed E-state index contributed by atoms with van der Waals surface area (Å²) in [5.74, 6) is -0.683. The van der Waals surface area contributed by atoms with Crippen molar-refractivity contribution in [3.8, 4) is 0 Å². The molecule has 0 saturated carbocycles. The van der Waals surface area contributed by atoms with Crippen molar-refractivity contribution in [1.82, 2.24) is 9.62 Å². The van der Waals surface area contributed by atoms with E-state index in [1.165, 1.54) is 13.1 Å². The maximum absolute atomic E-state index is 12.4. The Labute approximate surface area is 160 Å². The minimum atomic E-state index is -3.60. The standard InChI is InChI=1S/C18H27N3O5S/c1-4-26-18(23)14-6-5-9-21(11-14)12-17(22)20-15-8-7-13(2)16(10-15)27(24,25)19-3/h7-8,10,14,19H,4-6,9,11-12H2,1-3H3,(H,20,22)/t14-/m0/s1. The number of anilines is 1. The molecule has 9 heteroatoms. The Morgan fingerprint density at radius 2 is 2.07 bits per heavy atom. The first-order valence-electron chi connectivity index (χ1n) is 9.00. The number of amides is 1. The van der Waals surface area contributed by atoms with E-state index in [9.17, 15) is 18.0 Å². The average molecular weight is 397 g/mol. The van der Waals surface area contributed by atoms with Crippen LogP contribution in [0.5, 0.6) is 0 Å². The summed E-state index contributed by atoms with van der Waals surface area (Å²) in [7, 11) is -2.26. The van der Waals surface area contributed by atoms with E-state index in [0.29, 0.717) is 24.4 Å². The van der Waals surface area contributed by atoms with Gasteiger partial charge in [0.15, 0.2) is 0 Å². The third-order valence-electron chi connectivity index (χ3n) is 4.52. The highest BCUT2D eigenvalue weighted by Gasteiger charge is 2.27. The van der Waals surface area contributed by atoms with Gasteiger partial charge >= 0.3 is 5.97 Å². The van der Waals surface area contributed by atoms with E-state index in [0.717, 1.165) is 19.4 Å². The number of nitrogens with one attached hydrogen (secondary N) is 2. The predicted molar refractivity (Wildman–Crippen MR) is 102 cm³/mol. The lowest BCUT2D eigenvalue weighted by molar-refractivity contribution is -0.150. The number of esters is 1. The zero-order valence-corrected chi connectivity index (χ0v) is 16.8. The van der Waals surface area contributed by atoms with Crippen molar-refractivity contribution in [1.29, 1.82) is 0 Å². The van der Waals surface area contributed by atoms with Gasteiger partial charge in [-0.15, -0.1) is 0 Å². The molecule has 0 spiro atoms. The first-order valence-corrected chi connectivity index (χ1v) is 10.5. The zero-order chi connectivity index (χ0) is 20.0. The van der Waals surface area contributed by atoms with Crippen LogP contribution in [0.4, 0.5) is 5.69 Å². The molecule has 27 heavy (non-hydrogen) atoms. The maximum Gasteiger partial charge on any atom is 0.310 e. The van der Waals surface area contributed by atoms with Gasteiger partial charge in [0.2, 0.25) is 15.9 Å². The zero-order valence-electron chi connectivity index (χ0n) is 15.9. The van der Waals surface area contributed by atoms with Crippen molar-refractivity contribution in [3.63, 3.8) is 0 Å². The predicted octanol–water partition coefficient (Wildman–Crippen LogP) is 1.12. The van der Waals surface area contributed by atoms with E-state index in [4.69, 9.17) is 4.74 Å². The smallest absolute Gasteiger partial charge is 0.310 e. The molecule has 1 atom stereocenters. The maximum atomic E-state index is 12.4. The summed E-state index contributed by atoms with van der Waals surface area (Å²) in [5.41, 5.74) is 1.01. The Morgan fingerprint density at radius 1 is 1.33 bits per heavy atom. The van der Waals surface area contributed by atoms with E-state index in [2.05, 4.69) is 10.0 Å². The molecule has 1 fully saturated rings. The van der Waals surface area contributed by atoms with Crippen LogP contribution in [-0.4, -0.2) is 58.5 Å². The molecule has 2 N–H and O–H groups in total. The van der Waals surface area contributed by atoms with Gasteiger partial charge in [0.05, 0.1) is 24.0 Å². The second-order valence-electron chi connectivity index (χ2n) is 6.56. The monoisotopic (exact) mass is 397 g/mol. The normalized spacial score (nSPS) is 18.1. The van der Waals surface area contributed by atoms with Gasteiger partial charge < -0.3 is 10.1 Å². The molecule has 1 aliphatic heterocycles. The van der Waals surface area contributed by atoms with E-state index in [1.807, 2.05) is 4.90 Å². The molecule has 1 aromatic rings. The third kappa shape index (κ3) is 5.75. The van der Waals surface area contributed by atoms with Crippen LogP contribution in [0.25, 0.3) is 0 Å². The van der Waals surface area contributed by atoms with E-state index in [1.54, 1.807) is 26.0 Å². The van der Waals surface area contributed by atoms with Crippen molar-refractivity contribution in [2.24, 2.45) is 5.92 Å². The van der Waals surface area contributed by atoms with Gasteiger partial charge in [-0.2, -0.15) is 0 Å². The Kier molecular flexibility index (Phi) is 7.34. The molecule has 0 aliphatic carbocycles. The number of hydrogen-bond acceptors (Lipinski definition) is 6. The number of sulfonamides is 1. The van der Waals surface area contributed by atoms with Crippen LogP contribution in [-0.2, 0) is 24.3 Å². The molecule has 1 aliphatic rings. The molecule has 0 aromatic heterocycles. The number of nitrogens with zero attached hydrogens (tertiary/aromatic N) is 1. The highest BCUT2D eigenvalue weighted by molar-refractivity contribution is 7.89. The SMILES string of the molecule is CCOC(=O)[C@H]1CCCN(CC(=O)Nc2ccc(C)c(S(=O)(=O)NC)c2)C1. The lowest BCUT2D eigenvalue weighted by Crippen LogP contribution is -2.43. The molecule has 0 bridgehead atoms. The van der Waals surface area contributed by atoms with Crippen molar-refractivity contribution in [2.45, 2.75) is 31.6 Å². The Bertz CT molecular complexity index is 794. The fourth-order valence-corrected chi connectivity index (χ4v) is 4.13. The highest BCUT2D eigenvalue weighted by atomic mass is 32.2. The van der Waals surface area contributed by atoms with Gasteiger partial charge in [0, 0.05) is 12.2 Å². The van der Waals surface area contributed by atoms with Crippen molar-refractivity contribution < 1.29 is 22.7 Å². The van der Waals surface area contributed by atoms with Crippen LogP contribution in [0, 0.1) is 12.8 Å². The average Bonchev–Trinajstić information content (AvgIpc) is 2.63. The fourth-order valence-electron chi connectivity index (χ4n) is 3.13. The summed E-state index contributed by atoms with van der Waals surface area (Å²) in [4.78, 5) is 26.3. The number of piperidine rings is 1. The van der Waals surface area contributed by atoms with Crippen LogP contribution in [0.1, 0.15) is 25.3 Å². The Morgan fingerprint density at radius 3 is 2.74 bits per heavy atom. The van der Waals surface area contributed by atoms with E-state index >= 15 is 0 Å². The molecule has 0 radical (unpaired) electrons. The highest BCUT2D eigenvalue weighted by Crippen LogP contribution is 2.21. The number of benzene rings is 1. The van der Waals surface area contributed by atoms with Crippen molar-refractivity contribution >= 4 is 27.6 Å². The molecule has 2 rings (SSSR count). The summed E-state index contributed by atoms with van der Waals surface area (Å²) >= 11 is 0. The molecule has 8 nitrogen and oxygen atoms in total. The Balaban J connectivity index is 2.00. The molecular formula is C18H27N3O5S. The number of aryl methyl sites for hydroxylation is 1. The van der Waals surface area contributed by atoms with Gasteiger partial charge in [-0.1, -0.05) is 6.07 Å².